The van der Waals surface area contributed by atoms with Crippen LogP contribution in [0.1, 0.15) is 6.92 Å². The van der Waals surface area contributed by atoms with Crippen LogP contribution in [0.3, 0.4) is 0 Å². The molecule has 1 aromatic heterocycles. The van der Waals surface area contributed by atoms with Crippen LogP contribution in [0.2, 0.25) is 0 Å². The van der Waals surface area contributed by atoms with E-state index in [1.165, 1.54) is 11.8 Å². The van der Waals surface area contributed by atoms with Crippen LogP contribution in [0, 0.1) is 0 Å². The first-order chi connectivity index (χ1) is 8.79. The largest absolute Gasteiger partial charge is 0.465 e. The highest BCUT2D eigenvalue weighted by Crippen LogP contribution is 2.18. The first-order valence-corrected chi connectivity index (χ1v) is 6.54. The zero-order valence-electron chi connectivity index (χ0n) is 9.92. The fourth-order valence-electron chi connectivity index (χ4n) is 1.36. The summed E-state index contributed by atoms with van der Waals surface area (Å²) in [6, 6.07) is 9.70. The van der Waals surface area contributed by atoms with E-state index in [0.717, 1.165) is 5.56 Å². The topological polar surface area (TPSA) is 67.9 Å². The Bertz CT molecular complexity index is 513. The zero-order chi connectivity index (χ0) is 12.8. The molecule has 0 atom stereocenters. The monoisotopic (exact) mass is 263 g/mol. The predicted octanol–water partition coefficient (Wildman–Crippen LogP) is 2.13. The number of hydrogen-bond acceptors (Lipinski definition) is 5. The minimum absolute atomic E-state index is 0.222. The molecule has 0 fully saturated rings. The van der Waals surface area contributed by atoms with Gasteiger partial charge in [-0.1, -0.05) is 42.1 Å². The summed E-state index contributed by atoms with van der Waals surface area (Å²) in [5.74, 6) is 0.662. The number of nitrogens with zero attached hydrogens (tertiary/aromatic N) is 2. The number of rotatable bonds is 5. The van der Waals surface area contributed by atoms with Crippen molar-refractivity contribution in [3.8, 4) is 11.4 Å². The Morgan fingerprint density at radius 2 is 2.17 bits per heavy atom. The molecule has 0 spiro atoms. The van der Waals surface area contributed by atoms with Gasteiger partial charge in [-0.2, -0.15) is 0 Å². The second-order valence-corrected chi connectivity index (χ2v) is 4.37. The molecular formula is C12H13N3O2S. The summed E-state index contributed by atoms with van der Waals surface area (Å²) in [4.78, 5) is 15.5. The second-order valence-electron chi connectivity index (χ2n) is 3.43. The molecule has 0 aliphatic carbocycles. The van der Waals surface area contributed by atoms with Crippen LogP contribution in [0.15, 0.2) is 35.5 Å². The maximum atomic E-state index is 11.2. The van der Waals surface area contributed by atoms with E-state index in [4.69, 9.17) is 4.74 Å². The van der Waals surface area contributed by atoms with Crippen molar-refractivity contribution in [2.24, 2.45) is 0 Å². The molecule has 0 saturated heterocycles. The average Bonchev–Trinajstić information content (AvgIpc) is 2.87. The molecule has 0 saturated carbocycles. The minimum Gasteiger partial charge on any atom is -0.465 e. The quantitative estimate of drug-likeness (QED) is 0.661. The lowest BCUT2D eigenvalue weighted by Crippen LogP contribution is -2.06. The van der Waals surface area contributed by atoms with Gasteiger partial charge in [-0.3, -0.25) is 9.89 Å². The lowest BCUT2D eigenvalue weighted by atomic mass is 10.2. The molecule has 1 heterocycles. The maximum Gasteiger partial charge on any atom is 0.316 e. The molecule has 0 radical (unpaired) electrons. The molecule has 0 amide bonds. The Balaban J connectivity index is 1.97. The number of nitrogens with one attached hydrogen (secondary N) is 1. The zero-order valence-corrected chi connectivity index (χ0v) is 10.7. The van der Waals surface area contributed by atoms with Gasteiger partial charge in [-0.15, -0.1) is 5.10 Å². The van der Waals surface area contributed by atoms with Gasteiger partial charge in [0.2, 0.25) is 5.16 Å². The number of thioether (sulfide) groups is 1. The van der Waals surface area contributed by atoms with E-state index < -0.39 is 0 Å². The van der Waals surface area contributed by atoms with Crippen LogP contribution in [-0.2, 0) is 9.53 Å². The molecule has 1 N–H and O–H groups in total. The Morgan fingerprint density at radius 1 is 1.39 bits per heavy atom. The Hall–Kier alpha value is -1.82. The van der Waals surface area contributed by atoms with Gasteiger partial charge in [0.05, 0.1) is 12.4 Å². The van der Waals surface area contributed by atoms with E-state index in [2.05, 4.69) is 15.2 Å². The minimum atomic E-state index is -0.256. The van der Waals surface area contributed by atoms with Crippen molar-refractivity contribution in [1.82, 2.24) is 15.2 Å². The highest BCUT2D eigenvalue weighted by molar-refractivity contribution is 7.99. The number of carbonyl (C=O) groups is 1. The van der Waals surface area contributed by atoms with E-state index >= 15 is 0 Å². The van der Waals surface area contributed by atoms with Crippen molar-refractivity contribution in [3.63, 3.8) is 0 Å². The van der Waals surface area contributed by atoms with Gasteiger partial charge in [-0.25, -0.2) is 4.98 Å². The van der Waals surface area contributed by atoms with E-state index in [1.807, 2.05) is 30.3 Å². The molecule has 1 aromatic carbocycles. The first kappa shape index (κ1) is 12.6. The molecule has 2 aromatic rings. The standard InChI is InChI=1S/C12H13N3O2S/c1-2-17-10(16)8-18-12-13-11(14-15-12)9-6-4-3-5-7-9/h3-7H,2,8H2,1H3,(H,13,14,15). The summed E-state index contributed by atoms with van der Waals surface area (Å²) < 4.78 is 4.83. The van der Waals surface area contributed by atoms with Gasteiger partial charge in [-0.05, 0) is 6.92 Å². The number of ether oxygens (including phenoxy) is 1. The van der Waals surface area contributed by atoms with Gasteiger partial charge in [0, 0.05) is 5.56 Å². The highest BCUT2D eigenvalue weighted by atomic mass is 32.2. The molecule has 18 heavy (non-hydrogen) atoms. The third-order valence-corrected chi connectivity index (χ3v) is 2.96. The van der Waals surface area contributed by atoms with Crippen LogP contribution in [0.5, 0.6) is 0 Å². The molecule has 94 valence electrons. The highest BCUT2D eigenvalue weighted by Gasteiger charge is 2.08. The molecule has 0 aliphatic heterocycles. The molecule has 0 aliphatic rings. The average molecular weight is 263 g/mol. The summed E-state index contributed by atoms with van der Waals surface area (Å²) in [5, 5.41) is 7.43. The molecule has 2 rings (SSSR count). The fourth-order valence-corrected chi connectivity index (χ4v) is 1.96. The first-order valence-electron chi connectivity index (χ1n) is 5.56. The summed E-state index contributed by atoms with van der Waals surface area (Å²) in [5.41, 5.74) is 0.966. The normalized spacial score (nSPS) is 10.3. The van der Waals surface area contributed by atoms with Crippen molar-refractivity contribution in [2.75, 3.05) is 12.4 Å². The van der Waals surface area contributed by atoms with Gasteiger partial charge in [0.25, 0.3) is 0 Å². The molecule has 6 heteroatoms. The predicted molar refractivity (Wildman–Crippen MR) is 69.2 cm³/mol. The second kappa shape index (κ2) is 6.20. The van der Waals surface area contributed by atoms with Crippen molar-refractivity contribution in [3.05, 3.63) is 30.3 Å². The lowest BCUT2D eigenvalue weighted by molar-refractivity contribution is -0.139. The van der Waals surface area contributed by atoms with E-state index in [1.54, 1.807) is 6.92 Å². The third-order valence-electron chi connectivity index (χ3n) is 2.14. The van der Waals surface area contributed by atoms with Crippen molar-refractivity contribution in [2.45, 2.75) is 12.1 Å². The molecule has 0 unspecified atom stereocenters. The Morgan fingerprint density at radius 3 is 2.89 bits per heavy atom. The number of H-pyrrole nitrogens is 1. The van der Waals surface area contributed by atoms with Crippen LogP contribution in [-0.4, -0.2) is 33.5 Å². The Labute approximate surface area is 109 Å². The summed E-state index contributed by atoms with van der Waals surface area (Å²) in [6.45, 7) is 2.17. The van der Waals surface area contributed by atoms with Gasteiger partial charge < -0.3 is 4.74 Å². The molecular weight excluding hydrogens is 250 g/mol. The van der Waals surface area contributed by atoms with Crippen molar-refractivity contribution >= 4 is 17.7 Å². The molecule has 5 nitrogen and oxygen atoms in total. The number of carbonyl (C=O) groups excluding carboxylic acids is 1. The number of hydrogen-bond donors (Lipinski definition) is 1. The van der Waals surface area contributed by atoms with Crippen LogP contribution in [0.25, 0.3) is 11.4 Å². The number of aromatic nitrogens is 3. The van der Waals surface area contributed by atoms with Gasteiger partial charge in [0.15, 0.2) is 5.82 Å². The van der Waals surface area contributed by atoms with Gasteiger partial charge >= 0.3 is 5.97 Å². The van der Waals surface area contributed by atoms with Gasteiger partial charge in [0.1, 0.15) is 0 Å². The van der Waals surface area contributed by atoms with E-state index in [9.17, 15) is 4.79 Å². The summed E-state index contributed by atoms with van der Waals surface area (Å²) in [7, 11) is 0. The van der Waals surface area contributed by atoms with E-state index in [0.29, 0.717) is 17.6 Å². The number of aromatic amines is 1. The maximum absolute atomic E-state index is 11.2. The van der Waals surface area contributed by atoms with Crippen LogP contribution < -0.4 is 0 Å². The van der Waals surface area contributed by atoms with Crippen LogP contribution >= 0.6 is 11.8 Å². The Kier molecular flexibility index (Phi) is 4.35. The number of esters is 1. The van der Waals surface area contributed by atoms with Crippen molar-refractivity contribution < 1.29 is 9.53 Å². The third kappa shape index (κ3) is 3.33. The lowest BCUT2D eigenvalue weighted by Gasteiger charge is -1.98. The fraction of sp³-hybridized carbons (Fsp3) is 0.250. The van der Waals surface area contributed by atoms with Crippen molar-refractivity contribution in [1.29, 1.82) is 0 Å². The summed E-state index contributed by atoms with van der Waals surface area (Å²) >= 11 is 1.26. The summed E-state index contributed by atoms with van der Waals surface area (Å²) in [6.07, 6.45) is 0. The van der Waals surface area contributed by atoms with Crippen LogP contribution in [0.4, 0.5) is 0 Å². The number of benzene rings is 1. The SMILES string of the molecule is CCOC(=O)CSc1n[nH]c(-c2ccccc2)n1. The molecule has 0 bridgehead atoms. The van der Waals surface area contributed by atoms with E-state index in [-0.39, 0.29) is 11.7 Å². The smallest absolute Gasteiger partial charge is 0.316 e.